The summed E-state index contributed by atoms with van der Waals surface area (Å²) >= 11 is 5.39. The number of nitrogens with zero attached hydrogens (tertiary/aromatic N) is 1. The van der Waals surface area contributed by atoms with Gasteiger partial charge in [-0.3, -0.25) is 0 Å². The van der Waals surface area contributed by atoms with Crippen LogP contribution in [0.5, 0.6) is 0 Å². The first-order valence-electron chi connectivity index (χ1n) is 9.66. The number of para-hydroxylation sites is 1. The van der Waals surface area contributed by atoms with E-state index < -0.39 is 23.9 Å². The summed E-state index contributed by atoms with van der Waals surface area (Å²) < 4.78 is 19.0. The number of hydrogen-bond acceptors (Lipinski definition) is 4. The third-order valence-electron chi connectivity index (χ3n) is 4.85. The number of nitrogens with one attached hydrogen (secondary N) is 3. The number of rotatable bonds is 5. The van der Waals surface area contributed by atoms with Gasteiger partial charge in [-0.15, -0.1) is 0 Å². The van der Waals surface area contributed by atoms with Crippen molar-refractivity contribution in [3.8, 4) is 0 Å². The summed E-state index contributed by atoms with van der Waals surface area (Å²) in [5, 5.41) is 8.76. The molecule has 0 aromatic heterocycles. The molecule has 0 radical (unpaired) electrons. The van der Waals surface area contributed by atoms with Crippen LogP contribution >= 0.6 is 12.2 Å². The van der Waals surface area contributed by atoms with Gasteiger partial charge in [-0.25, -0.2) is 14.0 Å². The number of allylic oxidation sites excluding steroid dienone is 1. The van der Waals surface area contributed by atoms with Crippen LogP contribution in [-0.4, -0.2) is 35.7 Å². The fourth-order valence-electron chi connectivity index (χ4n) is 3.20. The minimum Gasteiger partial charge on any atom is -0.463 e. The zero-order chi connectivity index (χ0) is 22.5. The fourth-order valence-corrected chi connectivity index (χ4v) is 3.46. The van der Waals surface area contributed by atoms with Crippen LogP contribution in [0.2, 0.25) is 0 Å². The highest BCUT2D eigenvalue weighted by atomic mass is 32.1. The van der Waals surface area contributed by atoms with E-state index >= 15 is 0 Å². The zero-order valence-corrected chi connectivity index (χ0v) is 18.2. The number of esters is 1. The topological polar surface area (TPSA) is 82.7 Å². The average Bonchev–Trinajstić information content (AvgIpc) is 2.73. The molecule has 0 bridgehead atoms. The summed E-state index contributed by atoms with van der Waals surface area (Å²) in [5.41, 5.74) is 2.37. The van der Waals surface area contributed by atoms with E-state index in [1.165, 1.54) is 18.2 Å². The number of halogens is 1. The van der Waals surface area contributed by atoms with Gasteiger partial charge in [0.2, 0.25) is 0 Å². The second-order valence-corrected chi connectivity index (χ2v) is 7.23. The minimum atomic E-state index is -0.591. The summed E-state index contributed by atoms with van der Waals surface area (Å²) in [7, 11) is 1.77. The standard InChI is InChI=1S/C22H23FN4O3S/c1-4-30-20(28)18-13(2)27(3)22(31)26-19(18)14-8-7-9-15(12-14)24-21(29)25-17-11-6-5-10-16(17)23/h5-12,19H,4H2,1-3H3,(H,26,31)(H2,24,25,29). The molecule has 162 valence electrons. The molecular formula is C22H23FN4O3S. The number of hydrogen-bond donors (Lipinski definition) is 3. The Hall–Kier alpha value is -3.46. The van der Waals surface area contributed by atoms with Gasteiger partial charge in [-0.2, -0.15) is 0 Å². The molecular weight excluding hydrogens is 419 g/mol. The number of urea groups is 1. The van der Waals surface area contributed by atoms with Gasteiger partial charge in [0.1, 0.15) is 5.82 Å². The van der Waals surface area contributed by atoms with Crippen molar-refractivity contribution < 1.29 is 18.7 Å². The van der Waals surface area contributed by atoms with Gasteiger partial charge in [0.15, 0.2) is 5.11 Å². The second kappa shape index (κ2) is 9.57. The Bertz CT molecular complexity index is 1060. The average molecular weight is 443 g/mol. The Labute approximate surface area is 185 Å². The lowest BCUT2D eigenvalue weighted by Crippen LogP contribution is -2.46. The largest absolute Gasteiger partial charge is 0.463 e. The Morgan fingerprint density at radius 3 is 2.65 bits per heavy atom. The van der Waals surface area contributed by atoms with Gasteiger partial charge < -0.3 is 25.6 Å². The van der Waals surface area contributed by atoms with Gasteiger partial charge in [-0.05, 0) is 55.9 Å². The van der Waals surface area contributed by atoms with Crippen LogP contribution in [0.15, 0.2) is 59.8 Å². The normalized spacial score (nSPS) is 15.9. The number of amides is 2. The van der Waals surface area contributed by atoms with Crippen LogP contribution in [0.25, 0.3) is 0 Å². The second-order valence-electron chi connectivity index (χ2n) is 6.85. The van der Waals surface area contributed by atoms with Crippen LogP contribution < -0.4 is 16.0 Å². The van der Waals surface area contributed by atoms with E-state index in [4.69, 9.17) is 17.0 Å². The van der Waals surface area contributed by atoms with Crippen LogP contribution in [0.4, 0.5) is 20.6 Å². The predicted molar refractivity (Wildman–Crippen MR) is 121 cm³/mol. The summed E-state index contributed by atoms with van der Waals surface area (Å²) in [6.07, 6.45) is 0. The number of anilines is 2. The maximum atomic E-state index is 13.8. The van der Waals surface area contributed by atoms with Crippen molar-refractivity contribution in [3.63, 3.8) is 0 Å². The number of ether oxygens (including phenoxy) is 1. The molecule has 0 saturated carbocycles. The zero-order valence-electron chi connectivity index (χ0n) is 17.4. The Morgan fingerprint density at radius 1 is 1.19 bits per heavy atom. The summed E-state index contributed by atoms with van der Waals surface area (Å²) in [5.74, 6) is -0.974. The first-order valence-corrected chi connectivity index (χ1v) is 10.1. The van der Waals surface area contributed by atoms with Crippen molar-refractivity contribution in [1.29, 1.82) is 0 Å². The van der Waals surface area contributed by atoms with Crippen molar-refractivity contribution in [2.45, 2.75) is 19.9 Å². The molecule has 7 nitrogen and oxygen atoms in total. The summed E-state index contributed by atoms with van der Waals surface area (Å²) in [4.78, 5) is 26.7. The maximum Gasteiger partial charge on any atom is 0.338 e. The molecule has 0 fully saturated rings. The molecule has 31 heavy (non-hydrogen) atoms. The van der Waals surface area contributed by atoms with E-state index in [0.29, 0.717) is 27.6 Å². The monoisotopic (exact) mass is 442 g/mol. The molecule has 1 unspecified atom stereocenters. The molecule has 0 aliphatic carbocycles. The van der Waals surface area contributed by atoms with Gasteiger partial charge in [-0.1, -0.05) is 24.3 Å². The molecule has 2 aromatic rings. The Kier molecular flexibility index (Phi) is 6.86. The predicted octanol–water partition coefficient (Wildman–Crippen LogP) is 4.17. The van der Waals surface area contributed by atoms with E-state index in [0.717, 1.165) is 0 Å². The van der Waals surface area contributed by atoms with Crippen LogP contribution in [0.3, 0.4) is 0 Å². The third kappa shape index (κ3) is 5.00. The van der Waals surface area contributed by atoms with Crippen molar-refractivity contribution in [2.75, 3.05) is 24.3 Å². The van der Waals surface area contributed by atoms with Crippen molar-refractivity contribution in [3.05, 3.63) is 71.2 Å². The van der Waals surface area contributed by atoms with Crippen LogP contribution in [-0.2, 0) is 9.53 Å². The van der Waals surface area contributed by atoms with Gasteiger partial charge in [0, 0.05) is 18.4 Å². The quantitative estimate of drug-likeness (QED) is 0.476. The molecule has 2 aromatic carbocycles. The van der Waals surface area contributed by atoms with E-state index in [1.54, 1.807) is 50.1 Å². The van der Waals surface area contributed by atoms with E-state index in [-0.39, 0.29) is 12.3 Å². The summed E-state index contributed by atoms with van der Waals surface area (Å²) in [6.45, 7) is 3.79. The lowest BCUT2D eigenvalue weighted by molar-refractivity contribution is -0.139. The van der Waals surface area contributed by atoms with Crippen molar-refractivity contribution in [2.24, 2.45) is 0 Å². The first kappa shape index (κ1) is 22.2. The fraction of sp³-hybridized carbons (Fsp3) is 0.227. The maximum absolute atomic E-state index is 13.8. The van der Waals surface area contributed by atoms with Gasteiger partial charge >= 0.3 is 12.0 Å². The molecule has 3 N–H and O–H groups in total. The van der Waals surface area contributed by atoms with Gasteiger partial charge in [0.25, 0.3) is 0 Å². The number of benzene rings is 2. The minimum absolute atomic E-state index is 0.0710. The number of carbonyl (C=O) groups excluding carboxylic acids is 2. The highest BCUT2D eigenvalue weighted by Gasteiger charge is 2.33. The molecule has 9 heteroatoms. The SMILES string of the molecule is CCOC(=O)C1=C(C)N(C)C(=S)NC1c1cccc(NC(=O)Nc2ccccc2F)c1. The Balaban J connectivity index is 1.85. The van der Waals surface area contributed by atoms with E-state index in [1.807, 2.05) is 6.07 Å². The summed E-state index contributed by atoms with van der Waals surface area (Å²) in [6, 6.07) is 11.7. The van der Waals surface area contributed by atoms with E-state index in [2.05, 4.69) is 16.0 Å². The highest BCUT2D eigenvalue weighted by molar-refractivity contribution is 7.80. The van der Waals surface area contributed by atoms with Crippen molar-refractivity contribution >= 4 is 40.7 Å². The molecule has 2 amide bonds. The molecule has 0 saturated heterocycles. The molecule has 3 rings (SSSR count). The first-order chi connectivity index (χ1) is 14.8. The molecule has 1 atom stereocenters. The van der Waals surface area contributed by atoms with Crippen LogP contribution in [0, 0.1) is 5.82 Å². The number of thiocarbonyl (C=S) groups is 1. The number of carbonyl (C=O) groups is 2. The third-order valence-corrected chi connectivity index (χ3v) is 5.24. The smallest absolute Gasteiger partial charge is 0.338 e. The molecule has 1 aliphatic heterocycles. The lowest BCUT2D eigenvalue weighted by Gasteiger charge is -2.35. The van der Waals surface area contributed by atoms with E-state index in [9.17, 15) is 14.0 Å². The van der Waals surface area contributed by atoms with Gasteiger partial charge in [0.05, 0.1) is 23.9 Å². The highest BCUT2D eigenvalue weighted by Crippen LogP contribution is 2.32. The Morgan fingerprint density at radius 2 is 1.94 bits per heavy atom. The molecule has 1 aliphatic rings. The molecule has 0 spiro atoms. The van der Waals surface area contributed by atoms with Crippen LogP contribution in [0.1, 0.15) is 25.5 Å². The molecule has 1 heterocycles. The lowest BCUT2D eigenvalue weighted by atomic mass is 9.95. The van der Waals surface area contributed by atoms with Crippen molar-refractivity contribution in [1.82, 2.24) is 10.2 Å².